The molecule has 2 aromatic heterocycles. The zero-order chi connectivity index (χ0) is 13.6. The summed E-state index contributed by atoms with van der Waals surface area (Å²) in [6.45, 7) is 0. The normalized spacial score (nSPS) is 18.2. The first-order valence-electron chi connectivity index (χ1n) is 6.93. The molecule has 0 spiro atoms. The predicted octanol–water partition coefficient (Wildman–Crippen LogP) is 3.03. The average Bonchev–Trinajstić information content (AvgIpc) is 3.04. The lowest BCUT2D eigenvalue weighted by molar-refractivity contribution is 0.131. The number of hydrogen-bond donors (Lipinski definition) is 1. The van der Waals surface area contributed by atoms with Gasteiger partial charge in [-0.15, -0.1) is 11.3 Å². The standard InChI is InChI=1S/C16H16N2OS/c19-14(10-13-11-18-8-9-20-15(18)17-13)16(6-7-16)12-4-2-1-3-5-12/h1-5,8-9,11,14,19H,6-7,10H2. The third kappa shape index (κ3) is 1.87. The Balaban J connectivity index is 1.58. The first-order valence-corrected chi connectivity index (χ1v) is 7.81. The van der Waals surface area contributed by atoms with Gasteiger partial charge in [-0.05, 0) is 18.4 Å². The van der Waals surface area contributed by atoms with Crippen LogP contribution < -0.4 is 0 Å². The van der Waals surface area contributed by atoms with E-state index < -0.39 is 0 Å². The number of thiazole rings is 1. The highest BCUT2D eigenvalue weighted by atomic mass is 32.1. The number of rotatable bonds is 4. The number of fused-ring (bicyclic) bond motifs is 1. The molecule has 0 amide bonds. The van der Waals surface area contributed by atoms with E-state index in [9.17, 15) is 5.11 Å². The highest BCUT2D eigenvalue weighted by Crippen LogP contribution is 2.51. The largest absolute Gasteiger partial charge is 0.392 e. The first-order chi connectivity index (χ1) is 9.78. The zero-order valence-corrected chi connectivity index (χ0v) is 11.9. The molecule has 4 heteroatoms. The van der Waals surface area contributed by atoms with Crippen LogP contribution in [-0.4, -0.2) is 20.6 Å². The van der Waals surface area contributed by atoms with Crippen molar-refractivity contribution in [1.29, 1.82) is 0 Å². The van der Waals surface area contributed by atoms with E-state index in [1.165, 1.54) is 5.56 Å². The fourth-order valence-corrected chi connectivity index (χ4v) is 3.71. The molecule has 1 aliphatic rings. The third-order valence-corrected chi connectivity index (χ3v) is 5.09. The van der Waals surface area contributed by atoms with Gasteiger partial charge in [0.15, 0.2) is 4.96 Å². The third-order valence-electron chi connectivity index (χ3n) is 4.32. The van der Waals surface area contributed by atoms with Crippen LogP contribution in [0.4, 0.5) is 0 Å². The van der Waals surface area contributed by atoms with Gasteiger partial charge in [0.2, 0.25) is 0 Å². The molecule has 3 aromatic rings. The summed E-state index contributed by atoms with van der Waals surface area (Å²) in [7, 11) is 0. The van der Waals surface area contributed by atoms with Gasteiger partial charge in [-0.1, -0.05) is 30.3 Å². The van der Waals surface area contributed by atoms with Crippen molar-refractivity contribution in [2.45, 2.75) is 30.8 Å². The maximum Gasteiger partial charge on any atom is 0.193 e. The molecule has 1 saturated carbocycles. The Morgan fingerprint density at radius 1 is 1.30 bits per heavy atom. The van der Waals surface area contributed by atoms with Crippen molar-refractivity contribution in [2.24, 2.45) is 0 Å². The summed E-state index contributed by atoms with van der Waals surface area (Å²) in [5.74, 6) is 0. The van der Waals surface area contributed by atoms with E-state index in [4.69, 9.17) is 0 Å². The van der Waals surface area contributed by atoms with Gasteiger partial charge in [-0.3, -0.25) is 4.40 Å². The lowest BCUT2D eigenvalue weighted by Gasteiger charge is -2.22. The number of nitrogens with zero attached hydrogens (tertiary/aromatic N) is 2. The van der Waals surface area contributed by atoms with Gasteiger partial charge in [-0.25, -0.2) is 4.98 Å². The topological polar surface area (TPSA) is 37.5 Å². The Kier molecular flexibility index (Phi) is 2.69. The van der Waals surface area contributed by atoms with Crippen molar-refractivity contribution in [2.75, 3.05) is 0 Å². The van der Waals surface area contributed by atoms with E-state index in [1.54, 1.807) is 11.3 Å². The van der Waals surface area contributed by atoms with Crippen LogP contribution in [0.1, 0.15) is 24.1 Å². The molecule has 102 valence electrons. The Bertz CT molecular complexity index is 699. The number of hydrogen-bond acceptors (Lipinski definition) is 3. The maximum absolute atomic E-state index is 10.7. The Hall–Kier alpha value is -1.65. The minimum atomic E-state index is -0.352. The molecular formula is C16H16N2OS. The second-order valence-corrected chi connectivity index (χ2v) is 6.44. The van der Waals surface area contributed by atoms with Gasteiger partial charge < -0.3 is 5.11 Å². The summed E-state index contributed by atoms with van der Waals surface area (Å²) in [6, 6.07) is 10.4. The van der Waals surface area contributed by atoms with E-state index in [1.807, 2.05) is 28.2 Å². The van der Waals surface area contributed by atoms with Gasteiger partial charge >= 0.3 is 0 Å². The Morgan fingerprint density at radius 2 is 2.10 bits per heavy atom. The highest BCUT2D eigenvalue weighted by molar-refractivity contribution is 7.15. The zero-order valence-electron chi connectivity index (χ0n) is 11.1. The fraction of sp³-hybridized carbons (Fsp3) is 0.312. The maximum atomic E-state index is 10.7. The molecular weight excluding hydrogens is 268 g/mol. The van der Waals surface area contributed by atoms with E-state index in [2.05, 4.69) is 29.2 Å². The van der Waals surface area contributed by atoms with E-state index in [0.29, 0.717) is 6.42 Å². The molecule has 0 bridgehead atoms. The van der Waals surface area contributed by atoms with Gasteiger partial charge in [0.1, 0.15) is 0 Å². The molecule has 3 nitrogen and oxygen atoms in total. The predicted molar refractivity (Wildman–Crippen MR) is 80.1 cm³/mol. The number of aromatic nitrogens is 2. The fourth-order valence-electron chi connectivity index (χ4n) is 2.99. The number of aliphatic hydroxyl groups excluding tert-OH is 1. The van der Waals surface area contributed by atoms with Crippen LogP contribution in [0.25, 0.3) is 4.96 Å². The van der Waals surface area contributed by atoms with Crippen LogP contribution in [0, 0.1) is 0 Å². The molecule has 0 radical (unpaired) electrons. The van der Waals surface area contributed by atoms with Crippen LogP contribution in [0.15, 0.2) is 48.1 Å². The van der Waals surface area contributed by atoms with Gasteiger partial charge in [0.05, 0.1) is 11.8 Å². The Morgan fingerprint density at radius 3 is 2.80 bits per heavy atom. The molecule has 0 aliphatic heterocycles. The summed E-state index contributed by atoms with van der Waals surface area (Å²) in [6.07, 6.45) is 6.45. The molecule has 4 rings (SSSR count). The van der Waals surface area contributed by atoms with Crippen LogP contribution >= 0.6 is 11.3 Å². The first kappa shape index (κ1) is 12.1. The quantitative estimate of drug-likeness (QED) is 0.799. The minimum Gasteiger partial charge on any atom is -0.392 e. The molecule has 1 fully saturated rings. The minimum absolute atomic E-state index is 0.0434. The summed E-state index contributed by atoms with van der Waals surface area (Å²) < 4.78 is 2.02. The van der Waals surface area contributed by atoms with Gasteiger partial charge in [0, 0.05) is 29.6 Å². The van der Waals surface area contributed by atoms with Crippen LogP contribution in [-0.2, 0) is 11.8 Å². The van der Waals surface area contributed by atoms with Crippen molar-refractivity contribution in [1.82, 2.24) is 9.38 Å². The number of aliphatic hydroxyl groups is 1. The van der Waals surface area contributed by atoms with E-state index in [0.717, 1.165) is 23.5 Å². The van der Waals surface area contributed by atoms with Crippen LogP contribution in [0.5, 0.6) is 0 Å². The molecule has 0 saturated heterocycles. The second kappa shape index (κ2) is 4.43. The SMILES string of the molecule is OC(Cc1cn2ccsc2n1)C1(c2ccccc2)CC1. The smallest absolute Gasteiger partial charge is 0.193 e. The molecule has 20 heavy (non-hydrogen) atoms. The van der Waals surface area contributed by atoms with Crippen LogP contribution in [0.3, 0.4) is 0 Å². The summed E-state index contributed by atoms with van der Waals surface area (Å²) in [4.78, 5) is 5.57. The van der Waals surface area contributed by atoms with Crippen molar-refractivity contribution in [3.8, 4) is 0 Å². The van der Waals surface area contributed by atoms with E-state index >= 15 is 0 Å². The lowest BCUT2D eigenvalue weighted by Crippen LogP contribution is -2.28. The van der Waals surface area contributed by atoms with E-state index in [-0.39, 0.29) is 11.5 Å². The van der Waals surface area contributed by atoms with Crippen molar-refractivity contribution >= 4 is 16.3 Å². The molecule has 1 N–H and O–H groups in total. The molecule has 1 aliphatic carbocycles. The molecule has 1 unspecified atom stereocenters. The van der Waals surface area contributed by atoms with Gasteiger partial charge in [-0.2, -0.15) is 0 Å². The number of benzene rings is 1. The van der Waals surface area contributed by atoms with Crippen molar-refractivity contribution in [3.05, 3.63) is 59.4 Å². The van der Waals surface area contributed by atoms with Crippen LogP contribution in [0.2, 0.25) is 0 Å². The number of imidazole rings is 1. The van der Waals surface area contributed by atoms with Crippen molar-refractivity contribution in [3.63, 3.8) is 0 Å². The molecule has 1 aromatic carbocycles. The molecule has 2 heterocycles. The monoisotopic (exact) mass is 284 g/mol. The lowest BCUT2D eigenvalue weighted by atomic mass is 9.88. The summed E-state index contributed by atoms with van der Waals surface area (Å²) >= 11 is 1.62. The summed E-state index contributed by atoms with van der Waals surface area (Å²) in [5.41, 5.74) is 2.19. The average molecular weight is 284 g/mol. The summed E-state index contributed by atoms with van der Waals surface area (Å²) in [5, 5.41) is 12.7. The Labute approximate surface area is 121 Å². The highest BCUT2D eigenvalue weighted by Gasteiger charge is 2.50. The molecule has 1 atom stereocenters. The second-order valence-electron chi connectivity index (χ2n) is 5.57. The van der Waals surface area contributed by atoms with Crippen molar-refractivity contribution < 1.29 is 5.11 Å². The van der Waals surface area contributed by atoms with Gasteiger partial charge in [0.25, 0.3) is 0 Å².